The highest BCUT2D eigenvalue weighted by molar-refractivity contribution is 6.30. The second-order valence-corrected chi connectivity index (χ2v) is 2.99. The highest BCUT2D eigenvalue weighted by atomic mass is 35.5. The molecular weight excluding hydrogens is 190 g/mol. The van der Waals surface area contributed by atoms with Crippen molar-refractivity contribution in [2.75, 3.05) is 0 Å². The van der Waals surface area contributed by atoms with Gasteiger partial charge in [-0.2, -0.15) is 0 Å². The number of hydrogen-bond donors (Lipinski definition) is 0. The average Bonchev–Trinajstić information content (AvgIpc) is 2.12. The van der Waals surface area contributed by atoms with Crippen LogP contribution in [0.3, 0.4) is 0 Å². The van der Waals surface area contributed by atoms with Crippen LogP contribution in [-0.2, 0) is 0 Å². The van der Waals surface area contributed by atoms with E-state index in [-0.39, 0.29) is 5.70 Å². The van der Waals surface area contributed by atoms with Gasteiger partial charge < -0.3 is 0 Å². The first-order valence-electron chi connectivity index (χ1n) is 4.31. The molecule has 74 valence electrons. The molecule has 13 heavy (non-hydrogen) atoms. The van der Waals surface area contributed by atoms with Crippen LogP contribution in [0.15, 0.2) is 22.4 Å². The maximum Gasteiger partial charge on any atom is 0.283 e. The summed E-state index contributed by atoms with van der Waals surface area (Å²) in [5, 5.41) is 10.7. The minimum atomic E-state index is -0.439. The molecule has 1 rings (SSSR count). The van der Waals surface area contributed by atoms with Gasteiger partial charge in [0.25, 0.3) is 5.70 Å². The van der Waals surface area contributed by atoms with Gasteiger partial charge in [-0.15, -0.1) is 0 Å². The summed E-state index contributed by atoms with van der Waals surface area (Å²) in [5.41, 5.74) is 1.07. The molecule has 0 aliphatic heterocycles. The Kier molecular flexibility index (Phi) is 5.39. The van der Waals surface area contributed by atoms with E-state index in [2.05, 4.69) is 0 Å². The number of hydrogen-bond acceptors (Lipinski definition) is 2. The monoisotopic (exact) mass is 203 g/mol. The summed E-state index contributed by atoms with van der Waals surface area (Å²) in [6.07, 6.45) is 2.96. The first kappa shape index (κ1) is 12.2. The molecule has 0 spiro atoms. The molecule has 0 saturated heterocycles. The van der Waals surface area contributed by atoms with Crippen molar-refractivity contribution in [1.29, 1.82) is 0 Å². The Morgan fingerprint density at radius 3 is 2.38 bits per heavy atom. The molecule has 0 radical (unpaired) electrons. The van der Waals surface area contributed by atoms with Gasteiger partial charge >= 0.3 is 0 Å². The molecule has 0 fully saturated rings. The third kappa shape index (κ3) is 3.59. The summed E-state index contributed by atoms with van der Waals surface area (Å²) in [6.45, 7) is 5.87. The van der Waals surface area contributed by atoms with Crippen LogP contribution in [0.2, 0.25) is 0 Å². The Hall–Kier alpha value is -0.830. The lowest BCUT2D eigenvalue weighted by Crippen LogP contribution is -2.02. The summed E-state index contributed by atoms with van der Waals surface area (Å²) in [4.78, 5) is 9.89. The second kappa shape index (κ2) is 5.75. The Labute approximate surface area is 83.2 Å². The second-order valence-electron chi connectivity index (χ2n) is 2.54. The molecule has 1 aliphatic rings. The maximum absolute atomic E-state index is 10.3. The zero-order valence-electron chi connectivity index (χ0n) is 8.13. The fraction of sp³-hybridized carbons (Fsp3) is 0.556. The van der Waals surface area contributed by atoms with Crippen LogP contribution < -0.4 is 0 Å². The third-order valence-corrected chi connectivity index (χ3v) is 1.98. The summed E-state index contributed by atoms with van der Waals surface area (Å²) in [7, 11) is 0. The Morgan fingerprint density at radius 1 is 1.46 bits per heavy atom. The minimum Gasteiger partial charge on any atom is -0.258 e. The SMILES string of the molecule is CC.CC1=CC([N+](=O)[O-])=C(Cl)CC1. The first-order chi connectivity index (χ1) is 6.11. The lowest BCUT2D eigenvalue weighted by molar-refractivity contribution is -0.420. The van der Waals surface area contributed by atoms with E-state index in [1.165, 1.54) is 6.08 Å². The van der Waals surface area contributed by atoms with Crippen molar-refractivity contribution < 1.29 is 4.92 Å². The summed E-state index contributed by atoms with van der Waals surface area (Å²) < 4.78 is 0. The highest BCUT2D eigenvalue weighted by Gasteiger charge is 2.18. The molecule has 0 atom stereocenters. The van der Waals surface area contributed by atoms with Gasteiger partial charge in [-0.1, -0.05) is 31.0 Å². The molecule has 0 bridgehead atoms. The molecule has 0 heterocycles. The average molecular weight is 204 g/mol. The van der Waals surface area contributed by atoms with Crippen molar-refractivity contribution in [3.63, 3.8) is 0 Å². The predicted octanol–water partition coefficient (Wildman–Crippen LogP) is 3.48. The van der Waals surface area contributed by atoms with Crippen LogP contribution in [0.5, 0.6) is 0 Å². The van der Waals surface area contributed by atoms with E-state index in [1.54, 1.807) is 0 Å². The van der Waals surface area contributed by atoms with Gasteiger partial charge in [-0.25, -0.2) is 0 Å². The van der Waals surface area contributed by atoms with Crippen LogP contribution >= 0.6 is 11.6 Å². The molecule has 0 aromatic carbocycles. The third-order valence-electron chi connectivity index (χ3n) is 1.60. The molecule has 0 N–H and O–H groups in total. The zero-order valence-corrected chi connectivity index (χ0v) is 8.89. The normalized spacial score (nSPS) is 15.8. The Balaban J connectivity index is 0.000000671. The van der Waals surface area contributed by atoms with Crippen molar-refractivity contribution >= 4 is 11.6 Å². The van der Waals surface area contributed by atoms with E-state index in [1.807, 2.05) is 20.8 Å². The predicted molar refractivity (Wildman–Crippen MR) is 54.2 cm³/mol. The van der Waals surface area contributed by atoms with E-state index >= 15 is 0 Å². The van der Waals surface area contributed by atoms with Crippen LogP contribution in [-0.4, -0.2) is 4.92 Å². The van der Waals surface area contributed by atoms with Crippen LogP contribution in [0.1, 0.15) is 33.6 Å². The molecule has 0 unspecified atom stereocenters. The molecule has 1 aliphatic carbocycles. The van der Waals surface area contributed by atoms with Gasteiger partial charge in [0.15, 0.2) is 0 Å². The fourth-order valence-corrected chi connectivity index (χ4v) is 1.19. The molecule has 0 aromatic rings. The van der Waals surface area contributed by atoms with E-state index in [0.717, 1.165) is 12.0 Å². The summed E-state index contributed by atoms with van der Waals surface area (Å²) >= 11 is 5.64. The van der Waals surface area contributed by atoms with Crippen molar-refractivity contribution in [3.05, 3.63) is 32.5 Å². The standard InChI is InChI=1S/C7H8ClNO2.C2H6/c1-5-2-3-6(8)7(4-5)9(10)11;1-2/h4H,2-3H2,1H3;1-2H3. The van der Waals surface area contributed by atoms with Crippen molar-refractivity contribution in [2.45, 2.75) is 33.6 Å². The lowest BCUT2D eigenvalue weighted by atomic mass is 10.1. The van der Waals surface area contributed by atoms with Gasteiger partial charge in [-0.3, -0.25) is 10.1 Å². The van der Waals surface area contributed by atoms with Gasteiger partial charge in [-0.05, 0) is 19.8 Å². The van der Waals surface area contributed by atoms with Crippen LogP contribution in [0, 0.1) is 10.1 Å². The molecule has 0 aromatic heterocycles. The molecule has 3 nitrogen and oxygen atoms in total. The Bertz CT molecular complexity index is 256. The number of halogens is 1. The van der Waals surface area contributed by atoms with Gasteiger partial charge in [0, 0.05) is 6.08 Å². The van der Waals surface area contributed by atoms with Gasteiger partial charge in [0.1, 0.15) is 0 Å². The molecule has 0 saturated carbocycles. The smallest absolute Gasteiger partial charge is 0.258 e. The number of rotatable bonds is 1. The van der Waals surface area contributed by atoms with E-state index in [4.69, 9.17) is 11.6 Å². The zero-order chi connectivity index (χ0) is 10.4. The van der Waals surface area contributed by atoms with Crippen molar-refractivity contribution in [1.82, 2.24) is 0 Å². The summed E-state index contributed by atoms with van der Waals surface area (Å²) in [6, 6.07) is 0. The van der Waals surface area contributed by atoms with Crippen molar-refractivity contribution in [2.24, 2.45) is 0 Å². The quantitative estimate of drug-likeness (QED) is 0.484. The lowest BCUT2D eigenvalue weighted by Gasteiger charge is -2.06. The maximum atomic E-state index is 10.3. The van der Waals surface area contributed by atoms with Crippen LogP contribution in [0.25, 0.3) is 0 Å². The largest absolute Gasteiger partial charge is 0.283 e. The topological polar surface area (TPSA) is 43.1 Å². The number of nitrogens with zero attached hydrogens (tertiary/aromatic N) is 1. The first-order valence-corrected chi connectivity index (χ1v) is 4.69. The minimum absolute atomic E-state index is 0.0513. The fourth-order valence-electron chi connectivity index (χ4n) is 0.971. The number of allylic oxidation sites excluding steroid dienone is 3. The van der Waals surface area contributed by atoms with Gasteiger partial charge in [0.05, 0.1) is 9.96 Å². The molecular formula is C9H14ClNO2. The van der Waals surface area contributed by atoms with E-state index in [9.17, 15) is 10.1 Å². The van der Waals surface area contributed by atoms with Gasteiger partial charge in [0.2, 0.25) is 0 Å². The summed E-state index contributed by atoms with van der Waals surface area (Å²) in [5.74, 6) is 0. The molecule has 0 amide bonds. The molecule has 4 heteroatoms. The van der Waals surface area contributed by atoms with Crippen LogP contribution in [0.4, 0.5) is 0 Å². The van der Waals surface area contributed by atoms with Crippen molar-refractivity contribution in [3.8, 4) is 0 Å². The van der Waals surface area contributed by atoms with E-state index in [0.29, 0.717) is 11.5 Å². The Morgan fingerprint density at radius 2 is 2.00 bits per heavy atom. The number of nitro groups is 1. The van der Waals surface area contributed by atoms with E-state index < -0.39 is 4.92 Å². The highest BCUT2D eigenvalue weighted by Crippen LogP contribution is 2.26.